The van der Waals surface area contributed by atoms with E-state index < -0.39 is 42.3 Å². The van der Waals surface area contributed by atoms with Crippen molar-refractivity contribution in [1.29, 1.82) is 5.26 Å². The van der Waals surface area contributed by atoms with Gasteiger partial charge < -0.3 is 43.9 Å². The van der Waals surface area contributed by atoms with Crippen LogP contribution in [0.25, 0.3) is 0 Å². The number of nitriles is 1. The number of piperidine rings is 1. The molecule has 4 fully saturated rings. The van der Waals surface area contributed by atoms with E-state index in [0.717, 1.165) is 12.8 Å². The van der Waals surface area contributed by atoms with E-state index in [0.29, 0.717) is 38.9 Å². The number of nitrogens with one attached hydrogen (secondary N) is 1. The molecule has 4 rings (SSSR count). The Morgan fingerprint density at radius 1 is 1.19 bits per heavy atom. The molecule has 0 aromatic rings. The fourth-order valence-corrected chi connectivity index (χ4v) is 5.40. The highest BCUT2D eigenvalue weighted by molar-refractivity contribution is 5.79. The topological polar surface area (TPSA) is 143 Å². The minimum atomic E-state index is -1.36. The summed E-state index contributed by atoms with van der Waals surface area (Å²) in [4.78, 5) is 28.5. The average molecular weight is 525 g/mol. The van der Waals surface area contributed by atoms with Gasteiger partial charge in [0.05, 0.1) is 24.8 Å². The van der Waals surface area contributed by atoms with Crippen molar-refractivity contribution < 1.29 is 38.4 Å². The molecular weight excluding hydrogens is 484 g/mol. The van der Waals surface area contributed by atoms with Gasteiger partial charge in [-0.25, -0.2) is 4.79 Å². The molecule has 4 aliphatic rings. The Kier molecular flexibility index (Phi) is 8.62. The smallest absolute Gasteiger partial charge is 0.409 e. The number of aliphatic hydroxyl groups is 1. The van der Waals surface area contributed by atoms with Gasteiger partial charge in [-0.1, -0.05) is 0 Å². The van der Waals surface area contributed by atoms with Gasteiger partial charge in [0.25, 0.3) is 0 Å². The molecule has 12 nitrogen and oxygen atoms in total. The summed E-state index contributed by atoms with van der Waals surface area (Å²) in [6, 6.07) is 2.00. The molecule has 0 aromatic heterocycles. The van der Waals surface area contributed by atoms with E-state index in [1.165, 1.54) is 0 Å². The molecule has 4 aliphatic heterocycles. The zero-order chi connectivity index (χ0) is 26.8. The normalized spacial score (nSPS) is 32.2. The van der Waals surface area contributed by atoms with Crippen molar-refractivity contribution in [2.45, 2.75) is 108 Å². The molecule has 5 atom stereocenters. The van der Waals surface area contributed by atoms with Gasteiger partial charge in [0.1, 0.15) is 18.8 Å². The van der Waals surface area contributed by atoms with Crippen molar-refractivity contribution in [2.24, 2.45) is 0 Å². The lowest BCUT2D eigenvalue weighted by Crippen LogP contribution is -2.52. The predicted octanol–water partition coefficient (Wildman–Crippen LogP) is 1.07. The first-order valence-electron chi connectivity index (χ1n) is 13.2. The number of carbonyl (C=O) groups is 2. The quantitative estimate of drug-likeness (QED) is 0.464. The van der Waals surface area contributed by atoms with Gasteiger partial charge in [-0.3, -0.25) is 4.79 Å². The van der Waals surface area contributed by atoms with E-state index in [4.69, 9.17) is 23.7 Å². The molecular formula is C25H40N4O8. The maximum atomic E-state index is 12.7. The van der Waals surface area contributed by atoms with Crippen molar-refractivity contribution in [3.63, 3.8) is 0 Å². The number of fused-ring (bicyclic) bond motifs is 1. The predicted molar refractivity (Wildman–Crippen MR) is 129 cm³/mol. The molecule has 2 amide bonds. The van der Waals surface area contributed by atoms with Gasteiger partial charge in [-0.15, -0.1) is 0 Å². The van der Waals surface area contributed by atoms with Crippen LogP contribution in [0.2, 0.25) is 0 Å². The van der Waals surface area contributed by atoms with Gasteiger partial charge in [0.2, 0.25) is 5.91 Å². The Morgan fingerprint density at radius 2 is 1.92 bits per heavy atom. The molecule has 0 unspecified atom stereocenters. The monoisotopic (exact) mass is 524 g/mol. The number of hydrogen-bond donors (Lipinski definition) is 2. The molecule has 0 bridgehead atoms. The van der Waals surface area contributed by atoms with Crippen LogP contribution in [0.5, 0.6) is 0 Å². The third kappa shape index (κ3) is 7.31. The Morgan fingerprint density at radius 3 is 2.59 bits per heavy atom. The highest BCUT2D eigenvalue weighted by atomic mass is 16.8. The fraction of sp³-hybridized carbons (Fsp3) is 0.880. The minimum Gasteiger partial charge on any atom is -0.447 e. The highest BCUT2D eigenvalue weighted by Gasteiger charge is 2.52. The number of likely N-dealkylation sites (tertiary alicyclic amines) is 2. The lowest BCUT2D eigenvalue weighted by atomic mass is 10.0. The van der Waals surface area contributed by atoms with Gasteiger partial charge in [-0.2, -0.15) is 5.26 Å². The zero-order valence-corrected chi connectivity index (χ0v) is 22.2. The van der Waals surface area contributed by atoms with E-state index in [1.54, 1.807) is 37.5 Å². The van der Waals surface area contributed by atoms with Gasteiger partial charge >= 0.3 is 6.09 Å². The van der Waals surface area contributed by atoms with Crippen LogP contribution in [0.4, 0.5) is 4.79 Å². The molecule has 0 saturated carbocycles. The highest BCUT2D eigenvalue weighted by Crippen LogP contribution is 2.38. The van der Waals surface area contributed by atoms with Gasteiger partial charge in [-0.05, 0) is 53.4 Å². The number of amides is 2. The molecule has 12 heteroatoms. The second kappa shape index (κ2) is 11.4. The molecule has 0 radical (unpaired) electrons. The van der Waals surface area contributed by atoms with E-state index in [2.05, 4.69) is 11.4 Å². The third-order valence-electron chi connectivity index (χ3n) is 7.13. The summed E-state index contributed by atoms with van der Waals surface area (Å²) >= 11 is 0. The second-order valence-electron chi connectivity index (χ2n) is 11.2. The Bertz CT molecular complexity index is 864. The maximum absolute atomic E-state index is 12.7. The Labute approximate surface area is 218 Å². The molecule has 4 heterocycles. The van der Waals surface area contributed by atoms with E-state index >= 15 is 0 Å². The fourth-order valence-electron chi connectivity index (χ4n) is 5.40. The largest absolute Gasteiger partial charge is 0.447 e. The van der Waals surface area contributed by atoms with E-state index in [1.807, 2.05) is 0 Å². The third-order valence-corrected chi connectivity index (χ3v) is 7.13. The maximum Gasteiger partial charge on any atom is 0.409 e. The standard InChI is InChI=1S/C25H40N4O8/c1-24(2,32)35-19-12-18(34-22-21(19)36-25(3,4)37-22)15-33-23(31)28-10-7-16(8-11-28)27-14-20(30)29-9-5-6-17(29)13-26/h16-19,21-22,27,32H,5-12,14-15H2,1-4H3/t17-,18-,19-,21+,22+/m0/s1. The summed E-state index contributed by atoms with van der Waals surface area (Å²) in [5, 5.41) is 22.6. The lowest BCUT2D eigenvalue weighted by molar-refractivity contribution is -0.274. The van der Waals surface area contributed by atoms with Gasteiger partial charge in [0, 0.05) is 32.1 Å². The molecule has 0 aromatic carbocycles. The number of rotatable bonds is 7. The summed E-state index contributed by atoms with van der Waals surface area (Å²) in [7, 11) is 0. The van der Waals surface area contributed by atoms with Crippen molar-refractivity contribution in [2.75, 3.05) is 32.8 Å². The van der Waals surface area contributed by atoms with Crippen LogP contribution in [-0.4, -0.2) is 108 Å². The summed E-state index contributed by atoms with van der Waals surface area (Å²) in [6.07, 6.45) is 0.827. The summed E-state index contributed by atoms with van der Waals surface area (Å²) in [5.41, 5.74) is 0. The minimum absolute atomic E-state index is 0.0279. The van der Waals surface area contributed by atoms with Crippen LogP contribution in [-0.2, 0) is 28.5 Å². The van der Waals surface area contributed by atoms with E-state index in [9.17, 15) is 20.0 Å². The van der Waals surface area contributed by atoms with Crippen LogP contribution in [0, 0.1) is 11.3 Å². The van der Waals surface area contributed by atoms with E-state index in [-0.39, 0.29) is 31.1 Å². The average Bonchev–Trinajstić information content (AvgIpc) is 3.43. The Balaban J connectivity index is 1.20. The SMILES string of the molecule is CC(C)(O)O[C@H]1C[C@@H](COC(=O)N2CCC(NCC(=O)N3CCC[C@H]3C#N)CC2)O[C@@H]2OC(C)(C)O[C@@H]21. The van der Waals surface area contributed by atoms with Crippen molar-refractivity contribution in [1.82, 2.24) is 15.1 Å². The molecule has 4 saturated heterocycles. The molecule has 0 spiro atoms. The number of nitrogens with zero attached hydrogens (tertiary/aromatic N) is 3. The van der Waals surface area contributed by atoms with Crippen LogP contribution < -0.4 is 5.32 Å². The molecule has 37 heavy (non-hydrogen) atoms. The van der Waals surface area contributed by atoms with Crippen molar-refractivity contribution in [3.05, 3.63) is 0 Å². The number of ether oxygens (including phenoxy) is 5. The second-order valence-corrected chi connectivity index (χ2v) is 11.2. The van der Waals surface area contributed by atoms with Crippen molar-refractivity contribution >= 4 is 12.0 Å². The van der Waals surface area contributed by atoms with Crippen LogP contribution in [0.1, 0.15) is 59.8 Å². The molecule has 208 valence electrons. The van der Waals surface area contributed by atoms with Crippen LogP contribution >= 0.6 is 0 Å². The summed E-state index contributed by atoms with van der Waals surface area (Å²) in [6.45, 7) is 8.57. The zero-order valence-electron chi connectivity index (χ0n) is 22.2. The first-order chi connectivity index (χ1) is 17.4. The molecule has 2 N–H and O–H groups in total. The van der Waals surface area contributed by atoms with Crippen LogP contribution in [0.15, 0.2) is 0 Å². The first-order valence-corrected chi connectivity index (χ1v) is 13.2. The number of carbonyl (C=O) groups excluding carboxylic acids is 2. The number of hydrogen-bond acceptors (Lipinski definition) is 10. The van der Waals surface area contributed by atoms with Crippen LogP contribution in [0.3, 0.4) is 0 Å². The van der Waals surface area contributed by atoms with Gasteiger partial charge in [0.15, 0.2) is 17.9 Å². The lowest BCUT2D eigenvalue weighted by Gasteiger charge is -2.38. The summed E-state index contributed by atoms with van der Waals surface area (Å²) in [5.74, 6) is -2.26. The Hall–Kier alpha value is -2.01. The van der Waals surface area contributed by atoms with Crippen molar-refractivity contribution in [3.8, 4) is 6.07 Å². The first kappa shape index (κ1) is 28.0. The molecule has 0 aliphatic carbocycles. The summed E-state index contributed by atoms with van der Waals surface area (Å²) < 4.78 is 29.1.